The van der Waals surface area contributed by atoms with Crippen molar-refractivity contribution in [1.29, 1.82) is 0 Å². The van der Waals surface area contributed by atoms with Gasteiger partial charge in [0.05, 0.1) is 7.11 Å². The SMILES string of the molecule is CCC(=O)Oc1ccc(CNC(=O)CCCC/C=C/C(C)C)cc1OC. The predicted molar refractivity (Wildman–Crippen MR) is 103 cm³/mol. The zero-order chi connectivity index (χ0) is 19.4. The molecule has 0 bridgehead atoms. The first-order valence-electron chi connectivity index (χ1n) is 9.27. The van der Waals surface area contributed by atoms with E-state index in [1.165, 1.54) is 7.11 Å². The average Bonchev–Trinajstić information content (AvgIpc) is 2.63. The maximum atomic E-state index is 11.9. The van der Waals surface area contributed by atoms with Gasteiger partial charge in [0.1, 0.15) is 0 Å². The van der Waals surface area contributed by atoms with Gasteiger partial charge < -0.3 is 14.8 Å². The van der Waals surface area contributed by atoms with Crippen molar-refractivity contribution in [2.45, 2.75) is 59.4 Å². The third-order valence-corrected chi connectivity index (χ3v) is 3.78. The molecule has 0 aliphatic heterocycles. The van der Waals surface area contributed by atoms with E-state index in [-0.39, 0.29) is 11.9 Å². The molecule has 0 unspecified atom stereocenters. The molecule has 5 nitrogen and oxygen atoms in total. The van der Waals surface area contributed by atoms with Gasteiger partial charge in [-0.25, -0.2) is 0 Å². The molecule has 0 aromatic heterocycles. The first kappa shape index (κ1) is 21.7. The van der Waals surface area contributed by atoms with Gasteiger partial charge >= 0.3 is 5.97 Å². The first-order chi connectivity index (χ1) is 12.5. The third kappa shape index (κ3) is 8.70. The molecule has 0 atom stereocenters. The summed E-state index contributed by atoms with van der Waals surface area (Å²) in [5.41, 5.74) is 0.895. The fraction of sp³-hybridized carbons (Fsp3) is 0.524. The summed E-state index contributed by atoms with van der Waals surface area (Å²) in [6.07, 6.45) is 8.11. The lowest BCUT2D eigenvalue weighted by molar-refractivity contribution is -0.134. The number of allylic oxidation sites excluding steroid dienone is 2. The Morgan fingerprint density at radius 1 is 1.19 bits per heavy atom. The highest BCUT2D eigenvalue weighted by molar-refractivity contribution is 5.76. The van der Waals surface area contributed by atoms with Gasteiger partial charge in [-0.2, -0.15) is 0 Å². The molecule has 0 saturated heterocycles. The van der Waals surface area contributed by atoms with E-state index in [0.29, 0.717) is 36.8 Å². The van der Waals surface area contributed by atoms with Gasteiger partial charge in [0.15, 0.2) is 11.5 Å². The van der Waals surface area contributed by atoms with Crippen LogP contribution in [0.5, 0.6) is 11.5 Å². The number of esters is 1. The van der Waals surface area contributed by atoms with Crippen molar-refractivity contribution in [3.8, 4) is 11.5 Å². The highest BCUT2D eigenvalue weighted by Gasteiger charge is 2.10. The summed E-state index contributed by atoms with van der Waals surface area (Å²) >= 11 is 0. The highest BCUT2D eigenvalue weighted by Crippen LogP contribution is 2.28. The van der Waals surface area contributed by atoms with Crippen molar-refractivity contribution in [2.75, 3.05) is 7.11 Å². The van der Waals surface area contributed by atoms with Crippen LogP contribution in [0.4, 0.5) is 0 Å². The number of amides is 1. The van der Waals surface area contributed by atoms with Crippen LogP contribution in [0.3, 0.4) is 0 Å². The van der Waals surface area contributed by atoms with Crippen LogP contribution in [0.1, 0.15) is 58.4 Å². The lowest BCUT2D eigenvalue weighted by Gasteiger charge is -2.11. The maximum absolute atomic E-state index is 11.9. The monoisotopic (exact) mass is 361 g/mol. The van der Waals surface area contributed by atoms with Crippen molar-refractivity contribution >= 4 is 11.9 Å². The van der Waals surface area contributed by atoms with E-state index >= 15 is 0 Å². The molecule has 0 aliphatic carbocycles. The van der Waals surface area contributed by atoms with Gasteiger partial charge in [-0.05, 0) is 42.9 Å². The number of ether oxygens (including phenoxy) is 2. The lowest BCUT2D eigenvalue weighted by Crippen LogP contribution is -2.22. The molecule has 1 rings (SSSR count). The summed E-state index contributed by atoms with van der Waals surface area (Å²) in [5.74, 6) is 1.18. The second-order valence-electron chi connectivity index (χ2n) is 6.51. The highest BCUT2D eigenvalue weighted by atomic mass is 16.6. The van der Waals surface area contributed by atoms with Crippen molar-refractivity contribution in [3.05, 3.63) is 35.9 Å². The summed E-state index contributed by atoms with van der Waals surface area (Å²) in [6, 6.07) is 5.28. The molecule has 1 amide bonds. The topological polar surface area (TPSA) is 64.6 Å². The Bertz CT molecular complexity index is 608. The van der Waals surface area contributed by atoms with Gasteiger partial charge in [0.25, 0.3) is 0 Å². The smallest absolute Gasteiger partial charge is 0.311 e. The lowest BCUT2D eigenvalue weighted by atomic mass is 10.1. The van der Waals surface area contributed by atoms with E-state index in [4.69, 9.17) is 9.47 Å². The van der Waals surface area contributed by atoms with Crippen molar-refractivity contribution in [2.24, 2.45) is 5.92 Å². The van der Waals surface area contributed by atoms with Gasteiger partial charge in [-0.15, -0.1) is 0 Å². The van der Waals surface area contributed by atoms with E-state index < -0.39 is 0 Å². The van der Waals surface area contributed by atoms with Crippen molar-refractivity contribution in [1.82, 2.24) is 5.32 Å². The van der Waals surface area contributed by atoms with Crippen molar-refractivity contribution in [3.63, 3.8) is 0 Å². The Labute approximate surface area is 156 Å². The van der Waals surface area contributed by atoms with Gasteiger partial charge in [0, 0.05) is 19.4 Å². The van der Waals surface area contributed by atoms with Crippen LogP contribution in [0.25, 0.3) is 0 Å². The molecule has 1 aromatic carbocycles. The number of unbranched alkanes of at least 4 members (excludes halogenated alkanes) is 2. The molecule has 0 radical (unpaired) electrons. The molecule has 144 valence electrons. The van der Waals surface area contributed by atoms with E-state index in [9.17, 15) is 9.59 Å². The summed E-state index contributed by atoms with van der Waals surface area (Å²) in [5, 5.41) is 2.91. The Kier molecular flexibility index (Phi) is 10.1. The van der Waals surface area contributed by atoms with Crippen LogP contribution < -0.4 is 14.8 Å². The Morgan fingerprint density at radius 2 is 1.96 bits per heavy atom. The number of nitrogens with one attached hydrogen (secondary N) is 1. The summed E-state index contributed by atoms with van der Waals surface area (Å²) in [7, 11) is 1.52. The van der Waals surface area contributed by atoms with E-state index in [1.807, 2.05) is 6.07 Å². The molecular weight excluding hydrogens is 330 g/mol. The standard InChI is InChI=1S/C21H31NO4/c1-5-21(24)26-18-13-12-17(14-19(18)25-4)15-22-20(23)11-9-7-6-8-10-16(2)3/h8,10,12-14,16H,5-7,9,11,15H2,1-4H3,(H,22,23)/b10-8+. The van der Waals surface area contributed by atoms with Gasteiger partial charge in [-0.3, -0.25) is 9.59 Å². The number of rotatable bonds is 11. The second kappa shape index (κ2) is 12.1. The molecule has 5 heteroatoms. The minimum atomic E-state index is -0.312. The Hall–Kier alpha value is -2.30. The number of hydrogen-bond donors (Lipinski definition) is 1. The molecule has 1 N–H and O–H groups in total. The minimum Gasteiger partial charge on any atom is -0.493 e. The van der Waals surface area contributed by atoms with Crippen LogP contribution in [-0.4, -0.2) is 19.0 Å². The van der Waals surface area contributed by atoms with Crippen LogP contribution in [0.15, 0.2) is 30.4 Å². The van der Waals surface area contributed by atoms with Crippen molar-refractivity contribution < 1.29 is 19.1 Å². The predicted octanol–water partition coefficient (Wildman–Crippen LogP) is 4.40. The zero-order valence-electron chi connectivity index (χ0n) is 16.3. The number of methoxy groups -OCH3 is 1. The van der Waals surface area contributed by atoms with Crippen LogP contribution in [0, 0.1) is 5.92 Å². The number of benzene rings is 1. The average molecular weight is 361 g/mol. The number of carbonyl (C=O) groups is 2. The summed E-state index contributed by atoms with van der Waals surface area (Å²) < 4.78 is 10.5. The summed E-state index contributed by atoms with van der Waals surface area (Å²) in [4.78, 5) is 23.3. The maximum Gasteiger partial charge on any atom is 0.311 e. The van der Waals surface area contributed by atoms with E-state index in [0.717, 1.165) is 24.8 Å². The normalized spacial score (nSPS) is 11.0. The first-order valence-corrected chi connectivity index (χ1v) is 9.27. The molecular formula is C21H31NO4. The summed E-state index contributed by atoms with van der Waals surface area (Å²) in [6.45, 7) is 6.46. The molecule has 1 aromatic rings. The largest absolute Gasteiger partial charge is 0.493 e. The molecule has 0 saturated carbocycles. The third-order valence-electron chi connectivity index (χ3n) is 3.78. The zero-order valence-corrected chi connectivity index (χ0v) is 16.3. The fourth-order valence-electron chi connectivity index (χ4n) is 2.31. The molecule has 26 heavy (non-hydrogen) atoms. The van der Waals surface area contributed by atoms with E-state index in [2.05, 4.69) is 31.3 Å². The molecule has 0 heterocycles. The minimum absolute atomic E-state index is 0.0401. The molecule has 0 aliphatic rings. The van der Waals surface area contributed by atoms with Crippen LogP contribution in [-0.2, 0) is 16.1 Å². The van der Waals surface area contributed by atoms with Crippen LogP contribution in [0.2, 0.25) is 0 Å². The van der Waals surface area contributed by atoms with Crippen LogP contribution >= 0.6 is 0 Å². The van der Waals surface area contributed by atoms with Gasteiger partial charge in [0.2, 0.25) is 5.91 Å². The Morgan fingerprint density at radius 3 is 2.62 bits per heavy atom. The molecule has 0 spiro atoms. The van der Waals surface area contributed by atoms with E-state index in [1.54, 1.807) is 19.1 Å². The number of hydrogen-bond acceptors (Lipinski definition) is 4. The molecule has 0 fully saturated rings. The number of carbonyl (C=O) groups excluding carboxylic acids is 2. The van der Waals surface area contributed by atoms with Gasteiger partial charge in [-0.1, -0.05) is 39.0 Å². The second-order valence-corrected chi connectivity index (χ2v) is 6.51. The fourth-order valence-corrected chi connectivity index (χ4v) is 2.31. The quantitative estimate of drug-likeness (QED) is 0.275. The Balaban J connectivity index is 2.39.